The number of rotatable bonds is 3. The Balaban J connectivity index is 2.22. The number of alkyl halides is 1. The molecule has 0 amide bonds. The third kappa shape index (κ3) is 3.65. The van der Waals surface area contributed by atoms with E-state index in [9.17, 15) is 8.42 Å². The van der Waals surface area contributed by atoms with Crippen molar-refractivity contribution >= 4 is 27.1 Å². The average molecular weight is 318 g/mol. The fourth-order valence-electron chi connectivity index (χ4n) is 2.48. The molecule has 112 valence electrons. The zero-order valence-electron chi connectivity index (χ0n) is 12.0. The van der Waals surface area contributed by atoms with Crippen LogP contribution in [0.4, 0.5) is 5.69 Å². The van der Waals surface area contributed by atoms with Crippen molar-refractivity contribution in [1.29, 1.82) is 0 Å². The van der Waals surface area contributed by atoms with Gasteiger partial charge in [0.2, 0.25) is 0 Å². The largest absolute Gasteiger partial charge is 0.367 e. The van der Waals surface area contributed by atoms with Gasteiger partial charge in [-0.1, -0.05) is 0 Å². The summed E-state index contributed by atoms with van der Waals surface area (Å²) in [5, 5.41) is 0. The van der Waals surface area contributed by atoms with Gasteiger partial charge in [0.05, 0.1) is 22.5 Å². The Morgan fingerprint density at radius 3 is 2.45 bits per heavy atom. The fourth-order valence-corrected chi connectivity index (χ4v) is 3.27. The third-order valence-corrected chi connectivity index (χ3v) is 4.76. The minimum absolute atomic E-state index is 0.0185. The van der Waals surface area contributed by atoms with Gasteiger partial charge in [-0.3, -0.25) is 0 Å². The fraction of sp³-hybridized carbons (Fsp3) is 0.571. The Bertz CT molecular complexity index is 569. The number of halogens is 1. The van der Waals surface area contributed by atoms with E-state index in [4.69, 9.17) is 16.3 Å². The predicted molar refractivity (Wildman–Crippen MR) is 81.4 cm³/mol. The molecule has 1 fully saturated rings. The lowest BCUT2D eigenvalue weighted by molar-refractivity contribution is -0.0734. The summed E-state index contributed by atoms with van der Waals surface area (Å²) in [6.45, 7) is 5.52. The first-order valence-corrected chi connectivity index (χ1v) is 8.93. The molecule has 6 heteroatoms. The number of hydrogen-bond donors (Lipinski definition) is 0. The van der Waals surface area contributed by atoms with Crippen LogP contribution in [-0.4, -0.2) is 45.3 Å². The molecule has 1 aliphatic rings. The van der Waals surface area contributed by atoms with Crippen molar-refractivity contribution in [3.05, 3.63) is 24.3 Å². The van der Waals surface area contributed by atoms with Gasteiger partial charge in [0.25, 0.3) is 0 Å². The second-order valence-electron chi connectivity index (χ2n) is 5.80. The molecule has 0 saturated carbocycles. The summed E-state index contributed by atoms with van der Waals surface area (Å²) >= 11 is 5.91. The first-order valence-electron chi connectivity index (χ1n) is 6.50. The smallest absolute Gasteiger partial charge is 0.175 e. The third-order valence-electron chi connectivity index (χ3n) is 3.28. The molecule has 1 atom stereocenters. The molecule has 0 radical (unpaired) electrons. The number of nitrogens with zero attached hydrogens (tertiary/aromatic N) is 1. The Morgan fingerprint density at radius 2 is 1.95 bits per heavy atom. The van der Waals surface area contributed by atoms with Crippen molar-refractivity contribution in [3.8, 4) is 0 Å². The second kappa shape index (κ2) is 5.54. The van der Waals surface area contributed by atoms with E-state index in [1.165, 1.54) is 6.26 Å². The number of anilines is 1. The van der Waals surface area contributed by atoms with Crippen LogP contribution >= 0.6 is 11.6 Å². The molecular formula is C14H20ClNO3S. The summed E-state index contributed by atoms with van der Waals surface area (Å²) in [6, 6.07) is 6.96. The molecule has 4 nitrogen and oxygen atoms in total. The lowest BCUT2D eigenvalue weighted by atomic mass is 10.0. The Labute approximate surface area is 125 Å². The quantitative estimate of drug-likeness (QED) is 0.803. The van der Waals surface area contributed by atoms with Crippen molar-refractivity contribution < 1.29 is 13.2 Å². The number of ether oxygens (including phenoxy) is 1. The van der Waals surface area contributed by atoms with E-state index in [1.807, 2.05) is 26.0 Å². The molecule has 1 saturated heterocycles. The van der Waals surface area contributed by atoms with Crippen LogP contribution in [0, 0.1) is 0 Å². The van der Waals surface area contributed by atoms with Crippen molar-refractivity contribution in [2.24, 2.45) is 0 Å². The highest BCUT2D eigenvalue weighted by molar-refractivity contribution is 7.90. The number of benzene rings is 1. The van der Waals surface area contributed by atoms with E-state index < -0.39 is 9.84 Å². The molecule has 0 spiro atoms. The topological polar surface area (TPSA) is 46.6 Å². The van der Waals surface area contributed by atoms with Gasteiger partial charge in [-0.05, 0) is 38.1 Å². The van der Waals surface area contributed by atoms with Gasteiger partial charge in [-0.15, -0.1) is 11.6 Å². The molecule has 1 aliphatic heterocycles. The lowest BCUT2D eigenvalue weighted by Crippen LogP contribution is -2.53. The number of hydrogen-bond acceptors (Lipinski definition) is 4. The van der Waals surface area contributed by atoms with E-state index in [0.717, 1.165) is 12.2 Å². The van der Waals surface area contributed by atoms with Crippen LogP contribution in [0.15, 0.2) is 29.2 Å². The van der Waals surface area contributed by atoms with E-state index in [1.54, 1.807) is 12.1 Å². The normalized spacial score (nSPS) is 22.8. The van der Waals surface area contributed by atoms with Gasteiger partial charge in [-0.2, -0.15) is 0 Å². The first-order chi connectivity index (χ1) is 9.21. The molecule has 0 aromatic heterocycles. The van der Waals surface area contributed by atoms with Gasteiger partial charge in [0.15, 0.2) is 9.84 Å². The second-order valence-corrected chi connectivity index (χ2v) is 8.12. The van der Waals surface area contributed by atoms with Gasteiger partial charge in [0, 0.05) is 25.0 Å². The number of sulfone groups is 1. The van der Waals surface area contributed by atoms with E-state index in [2.05, 4.69) is 4.90 Å². The number of morpholine rings is 1. The van der Waals surface area contributed by atoms with E-state index in [-0.39, 0.29) is 11.7 Å². The molecule has 1 aromatic carbocycles. The van der Waals surface area contributed by atoms with Crippen molar-refractivity contribution in [3.63, 3.8) is 0 Å². The minimum Gasteiger partial charge on any atom is -0.367 e. The molecule has 0 bridgehead atoms. The van der Waals surface area contributed by atoms with Crippen molar-refractivity contribution in [1.82, 2.24) is 0 Å². The SMILES string of the molecule is CC1(C)CN(c2ccc(S(C)(=O)=O)cc2)CC(CCl)O1. The van der Waals surface area contributed by atoms with Crippen LogP contribution in [0.3, 0.4) is 0 Å². The molecule has 2 rings (SSSR count). The highest BCUT2D eigenvalue weighted by atomic mass is 35.5. The summed E-state index contributed by atoms with van der Waals surface area (Å²) in [5.74, 6) is 0.446. The van der Waals surface area contributed by atoms with E-state index in [0.29, 0.717) is 17.3 Å². The van der Waals surface area contributed by atoms with E-state index >= 15 is 0 Å². The molecule has 1 unspecified atom stereocenters. The molecular weight excluding hydrogens is 298 g/mol. The standard InChI is InChI=1S/C14H20ClNO3S/c1-14(2)10-16(9-12(8-15)19-14)11-4-6-13(7-5-11)20(3,17)18/h4-7,12H,8-10H2,1-3H3. The summed E-state index contributed by atoms with van der Waals surface area (Å²) < 4.78 is 28.8. The minimum atomic E-state index is -3.15. The van der Waals surface area contributed by atoms with Crippen LogP contribution in [0.2, 0.25) is 0 Å². The van der Waals surface area contributed by atoms with Crippen LogP contribution < -0.4 is 4.90 Å². The summed E-state index contributed by atoms with van der Waals surface area (Å²) in [6.07, 6.45) is 1.19. The molecule has 1 heterocycles. The monoisotopic (exact) mass is 317 g/mol. The molecule has 20 heavy (non-hydrogen) atoms. The summed E-state index contributed by atoms with van der Waals surface area (Å²) in [5.41, 5.74) is 0.719. The maximum absolute atomic E-state index is 11.5. The molecule has 0 aliphatic carbocycles. The van der Waals surface area contributed by atoms with Crippen LogP contribution in [-0.2, 0) is 14.6 Å². The highest BCUT2D eigenvalue weighted by Gasteiger charge is 2.33. The maximum Gasteiger partial charge on any atom is 0.175 e. The first kappa shape index (κ1) is 15.6. The van der Waals surface area contributed by atoms with Crippen molar-refractivity contribution in [2.75, 3.05) is 30.1 Å². The zero-order chi connectivity index (χ0) is 15.0. The Kier molecular flexibility index (Phi) is 4.33. The van der Waals surface area contributed by atoms with Crippen LogP contribution in [0.25, 0.3) is 0 Å². The summed E-state index contributed by atoms with van der Waals surface area (Å²) in [4.78, 5) is 2.52. The lowest BCUT2D eigenvalue weighted by Gasteiger charge is -2.43. The van der Waals surface area contributed by atoms with Gasteiger partial charge < -0.3 is 9.64 Å². The Morgan fingerprint density at radius 1 is 1.35 bits per heavy atom. The zero-order valence-corrected chi connectivity index (χ0v) is 13.5. The van der Waals surface area contributed by atoms with Gasteiger partial charge in [0.1, 0.15) is 0 Å². The average Bonchev–Trinajstić information content (AvgIpc) is 2.36. The summed E-state index contributed by atoms with van der Waals surface area (Å²) in [7, 11) is -3.15. The Hall–Kier alpha value is -0.780. The predicted octanol–water partition coefficient (Wildman–Crippen LogP) is 2.31. The van der Waals surface area contributed by atoms with Crippen LogP contribution in [0.5, 0.6) is 0 Å². The van der Waals surface area contributed by atoms with Crippen molar-refractivity contribution in [2.45, 2.75) is 30.4 Å². The maximum atomic E-state index is 11.5. The van der Waals surface area contributed by atoms with Gasteiger partial charge >= 0.3 is 0 Å². The molecule has 1 aromatic rings. The highest BCUT2D eigenvalue weighted by Crippen LogP contribution is 2.27. The molecule has 0 N–H and O–H groups in total. The van der Waals surface area contributed by atoms with Gasteiger partial charge in [-0.25, -0.2) is 8.42 Å². The van der Waals surface area contributed by atoms with Crippen LogP contribution in [0.1, 0.15) is 13.8 Å².